The number of hydrogen-bond acceptors (Lipinski definition) is 2. The molecule has 0 bridgehead atoms. The average molecular weight is 189 g/mol. The highest BCUT2D eigenvalue weighted by Gasteiger charge is 2.10. The topological polar surface area (TPSA) is 43.8 Å². The maximum atomic E-state index is 5.83. The third-order valence-corrected chi connectivity index (χ3v) is 2.48. The molecular formula is C11H15N3. The van der Waals surface area contributed by atoms with Crippen LogP contribution in [-0.4, -0.2) is 9.55 Å². The van der Waals surface area contributed by atoms with Gasteiger partial charge in [0.25, 0.3) is 0 Å². The molecule has 2 N–H and O–H groups in total. The number of fused-ring (bicyclic) bond motifs is 1. The lowest BCUT2D eigenvalue weighted by atomic mass is 10.2. The molecule has 3 nitrogen and oxygen atoms in total. The molecule has 0 spiro atoms. The Kier molecular flexibility index (Phi) is 2.04. The van der Waals surface area contributed by atoms with Crippen molar-refractivity contribution in [1.29, 1.82) is 0 Å². The van der Waals surface area contributed by atoms with Crippen molar-refractivity contribution in [2.24, 2.45) is 12.8 Å². The second kappa shape index (κ2) is 3.10. The Morgan fingerprint density at radius 2 is 2.14 bits per heavy atom. The summed E-state index contributed by atoms with van der Waals surface area (Å²) in [6.07, 6.45) is 0. The molecule has 0 aliphatic heterocycles. The SMILES string of the molecule is Cc1ccc2nc(C(C)N)n(C)c2c1. The molecule has 0 aliphatic carbocycles. The van der Waals surface area contributed by atoms with Crippen molar-refractivity contribution in [3.8, 4) is 0 Å². The van der Waals surface area contributed by atoms with Gasteiger partial charge in [0, 0.05) is 7.05 Å². The number of nitrogens with zero attached hydrogens (tertiary/aromatic N) is 2. The van der Waals surface area contributed by atoms with Crippen LogP contribution in [0.15, 0.2) is 18.2 Å². The molecule has 0 aliphatic rings. The van der Waals surface area contributed by atoms with E-state index in [-0.39, 0.29) is 6.04 Å². The summed E-state index contributed by atoms with van der Waals surface area (Å²) < 4.78 is 2.06. The lowest BCUT2D eigenvalue weighted by molar-refractivity contribution is 0.696. The Balaban J connectivity index is 2.74. The van der Waals surface area contributed by atoms with Gasteiger partial charge in [-0.15, -0.1) is 0 Å². The summed E-state index contributed by atoms with van der Waals surface area (Å²) in [7, 11) is 2.01. The molecule has 1 aromatic heterocycles. The van der Waals surface area contributed by atoms with E-state index in [4.69, 9.17) is 5.73 Å². The van der Waals surface area contributed by atoms with E-state index in [9.17, 15) is 0 Å². The van der Waals surface area contributed by atoms with Crippen molar-refractivity contribution < 1.29 is 0 Å². The fourth-order valence-electron chi connectivity index (χ4n) is 1.73. The maximum absolute atomic E-state index is 5.83. The monoisotopic (exact) mass is 189 g/mol. The second-order valence-corrected chi connectivity index (χ2v) is 3.81. The summed E-state index contributed by atoms with van der Waals surface area (Å²) >= 11 is 0. The van der Waals surface area contributed by atoms with E-state index in [1.807, 2.05) is 20.0 Å². The third-order valence-electron chi connectivity index (χ3n) is 2.48. The molecule has 0 fully saturated rings. The Morgan fingerprint density at radius 3 is 2.79 bits per heavy atom. The Bertz CT molecular complexity index is 469. The van der Waals surface area contributed by atoms with Gasteiger partial charge in [0.15, 0.2) is 0 Å². The van der Waals surface area contributed by atoms with Crippen LogP contribution in [0.5, 0.6) is 0 Å². The van der Waals surface area contributed by atoms with Gasteiger partial charge < -0.3 is 10.3 Å². The van der Waals surface area contributed by atoms with Crippen LogP contribution in [0.3, 0.4) is 0 Å². The van der Waals surface area contributed by atoms with E-state index < -0.39 is 0 Å². The normalized spacial score (nSPS) is 13.4. The number of rotatable bonds is 1. The maximum Gasteiger partial charge on any atom is 0.126 e. The predicted molar refractivity (Wildman–Crippen MR) is 58.1 cm³/mol. The summed E-state index contributed by atoms with van der Waals surface area (Å²) in [5.41, 5.74) is 9.25. The Morgan fingerprint density at radius 1 is 1.43 bits per heavy atom. The lowest BCUT2D eigenvalue weighted by Crippen LogP contribution is -2.11. The van der Waals surface area contributed by atoms with Crippen LogP contribution in [-0.2, 0) is 7.05 Å². The van der Waals surface area contributed by atoms with Gasteiger partial charge in [-0.3, -0.25) is 0 Å². The smallest absolute Gasteiger partial charge is 0.126 e. The van der Waals surface area contributed by atoms with Crippen LogP contribution in [0.1, 0.15) is 24.4 Å². The molecular weight excluding hydrogens is 174 g/mol. The highest BCUT2D eigenvalue weighted by Crippen LogP contribution is 2.19. The van der Waals surface area contributed by atoms with Crippen LogP contribution in [0, 0.1) is 6.92 Å². The van der Waals surface area contributed by atoms with Crippen molar-refractivity contribution in [3.05, 3.63) is 29.6 Å². The molecule has 1 atom stereocenters. The molecule has 3 heteroatoms. The van der Waals surface area contributed by atoms with Gasteiger partial charge in [-0.1, -0.05) is 6.07 Å². The predicted octanol–water partition coefficient (Wildman–Crippen LogP) is 1.90. The van der Waals surface area contributed by atoms with Gasteiger partial charge >= 0.3 is 0 Å². The van der Waals surface area contributed by atoms with Crippen molar-refractivity contribution in [2.45, 2.75) is 19.9 Å². The summed E-state index contributed by atoms with van der Waals surface area (Å²) in [4.78, 5) is 4.49. The zero-order valence-electron chi connectivity index (χ0n) is 8.78. The van der Waals surface area contributed by atoms with Gasteiger partial charge in [0.2, 0.25) is 0 Å². The summed E-state index contributed by atoms with van der Waals surface area (Å²) in [6.45, 7) is 4.03. The minimum atomic E-state index is -0.0206. The van der Waals surface area contributed by atoms with Crippen LogP contribution in [0.2, 0.25) is 0 Å². The number of hydrogen-bond donors (Lipinski definition) is 1. The molecule has 1 aromatic carbocycles. The third kappa shape index (κ3) is 1.30. The van der Waals surface area contributed by atoms with Crippen LogP contribution in [0.25, 0.3) is 11.0 Å². The highest BCUT2D eigenvalue weighted by molar-refractivity contribution is 5.76. The standard InChI is InChI=1S/C11H15N3/c1-7-4-5-9-10(6-7)14(3)11(13-9)8(2)12/h4-6,8H,12H2,1-3H3. The lowest BCUT2D eigenvalue weighted by Gasteiger charge is -2.04. The van der Waals surface area contributed by atoms with Gasteiger partial charge in [0.05, 0.1) is 17.1 Å². The first-order valence-corrected chi connectivity index (χ1v) is 4.78. The van der Waals surface area contributed by atoms with E-state index in [1.165, 1.54) is 5.56 Å². The first-order chi connectivity index (χ1) is 6.59. The van der Waals surface area contributed by atoms with Crippen molar-refractivity contribution in [3.63, 3.8) is 0 Å². The quantitative estimate of drug-likeness (QED) is 0.744. The zero-order valence-corrected chi connectivity index (χ0v) is 8.78. The molecule has 2 rings (SSSR count). The van der Waals surface area contributed by atoms with Crippen LogP contribution >= 0.6 is 0 Å². The van der Waals surface area contributed by atoms with Gasteiger partial charge in [0.1, 0.15) is 5.82 Å². The van der Waals surface area contributed by atoms with Gasteiger partial charge in [-0.05, 0) is 31.5 Å². The second-order valence-electron chi connectivity index (χ2n) is 3.81. The van der Waals surface area contributed by atoms with Crippen molar-refractivity contribution in [2.75, 3.05) is 0 Å². The molecule has 1 heterocycles. The minimum Gasteiger partial charge on any atom is -0.330 e. The van der Waals surface area contributed by atoms with Crippen LogP contribution < -0.4 is 5.73 Å². The number of nitrogens with two attached hydrogens (primary N) is 1. The summed E-state index contributed by atoms with van der Waals surface area (Å²) in [6, 6.07) is 6.22. The van der Waals surface area contributed by atoms with E-state index in [2.05, 4.69) is 28.6 Å². The fourth-order valence-corrected chi connectivity index (χ4v) is 1.73. The van der Waals surface area contributed by atoms with Crippen molar-refractivity contribution >= 4 is 11.0 Å². The number of benzene rings is 1. The van der Waals surface area contributed by atoms with Crippen LogP contribution in [0.4, 0.5) is 0 Å². The molecule has 1 unspecified atom stereocenters. The molecule has 2 aromatic rings. The summed E-state index contributed by atoms with van der Waals surface area (Å²) in [5, 5.41) is 0. The van der Waals surface area contributed by atoms with E-state index >= 15 is 0 Å². The van der Waals surface area contributed by atoms with E-state index in [0.29, 0.717) is 0 Å². The molecule has 0 saturated carbocycles. The number of imidazole rings is 1. The van der Waals surface area contributed by atoms with E-state index in [1.54, 1.807) is 0 Å². The largest absolute Gasteiger partial charge is 0.330 e. The van der Waals surface area contributed by atoms with Crippen molar-refractivity contribution in [1.82, 2.24) is 9.55 Å². The first-order valence-electron chi connectivity index (χ1n) is 4.78. The zero-order chi connectivity index (χ0) is 10.3. The molecule has 0 radical (unpaired) electrons. The Labute approximate surface area is 83.6 Å². The fraction of sp³-hybridized carbons (Fsp3) is 0.364. The highest BCUT2D eigenvalue weighted by atomic mass is 15.1. The first kappa shape index (κ1) is 9.21. The molecule has 0 amide bonds. The molecule has 74 valence electrons. The van der Waals surface area contributed by atoms with E-state index in [0.717, 1.165) is 16.9 Å². The number of aryl methyl sites for hydroxylation is 2. The van der Waals surface area contributed by atoms with Gasteiger partial charge in [-0.2, -0.15) is 0 Å². The minimum absolute atomic E-state index is 0.0206. The van der Waals surface area contributed by atoms with Gasteiger partial charge in [-0.25, -0.2) is 4.98 Å². The molecule has 14 heavy (non-hydrogen) atoms. The number of aromatic nitrogens is 2. The molecule has 0 saturated heterocycles. The Hall–Kier alpha value is -1.35. The average Bonchev–Trinajstić information content (AvgIpc) is 2.44. The summed E-state index contributed by atoms with van der Waals surface area (Å²) in [5.74, 6) is 0.936.